The highest BCUT2D eigenvalue weighted by molar-refractivity contribution is 7.92. The molecular weight excluding hydrogens is 377 g/mol. The molecule has 0 spiro atoms. The zero-order valence-electron chi connectivity index (χ0n) is 13.1. The van der Waals surface area contributed by atoms with E-state index in [1.807, 2.05) is 0 Å². The second-order valence-electron chi connectivity index (χ2n) is 4.98. The summed E-state index contributed by atoms with van der Waals surface area (Å²) < 4.78 is 71.2. The Balaban J connectivity index is 2.42. The van der Waals surface area contributed by atoms with E-state index < -0.39 is 38.6 Å². The monoisotopic (exact) mass is 390 g/mol. The normalized spacial score (nSPS) is 11.8. The number of sulfone groups is 1. The van der Waals surface area contributed by atoms with Crippen molar-refractivity contribution in [2.45, 2.75) is 17.0 Å². The molecule has 0 saturated carbocycles. The van der Waals surface area contributed by atoms with Crippen molar-refractivity contribution >= 4 is 15.8 Å². The van der Waals surface area contributed by atoms with E-state index in [-0.39, 0.29) is 12.4 Å². The maximum absolute atomic E-state index is 12.8. The number of carbonyl (C=O) groups excluding carboxylic acids is 1. The number of hydrogen-bond donors (Lipinski definition) is 1. The summed E-state index contributed by atoms with van der Waals surface area (Å²) in [5.41, 5.74) is -5.38. The number of aliphatic hydroxyl groups excluding tert-OH is 1. The fourth-order valence-corrected chi connectivity index (χ4v) is 2.77. The van der Waals surface area contributed by atoms with Crippen molar-refractivity contribution < 1.29 is 41.0 Å². The summed E-state index contributed by atoms with van der Waals surface area (Å²) in [5, 5.41) is 8.61. The molecule has 0 aromatic heterocycles. The first-order valence-corrected chi connectivity index (χ1v) is 8.54. The number of rotatable bonds is 6. The van der Waals surface area contributed by atoms with Gasteiger partial charge in [0.1, 0.15) is 12.4 Å². The van der Waals surface area contributed by atoms with Crippen LogP contribution in [0, 0.1) is 0 Å². The molecule has 10 heteroatoms. The quantitative estimate of drug-likeness (QED) is 0.603. The number of aliphatic hydroxyl groups is 1. The van der Waals surface area contributed by atoms with Gasteiger partial charge >= 0.3 is 11.5 Å². The van der Waals surface area contributed by atoms with Crippen LogP contribution in [0.4, 0.5) is 13.2 Å². The van der Waals surface area contributed by atoms with Crippen molar-refractivity contribution in [3.8, 4) is 5.75 Å². The van der Waals surface area contributed by atoms with Gasteiger partial charge in [-0.3, -0.25) is 0 Å². The minimum absolute atomic E-state index is 0.0646. The Morgan fingerprint density at radius 1 is 1.08 bits per heavy atom. The molecule has 0 saturated heterocycles. The summed E-state index contributed by atoms with van der Waals surface area (Å²) in [6.45, 7) is -1.08. The third-order valence-corrected chi connectivity index (χ3v) is 4.64. The molecular formula is C16H13F3O6S. The van der Waals surface area contributed by atoms with Crippen molar-refractivity contribution in [1.82, 2.24) is 0 Å². The highest BCUT2D eigenvalue weighted by Crippen LogP contribution is 2.33. The summed E-state index contributed by atoms with van der Waals surface area (Å²) in [4.78, 5) is 10.5. The van der Waals surface area contributed by atoms with Crippen LogP contribution in [0.1, 0.15) is 15.9 Å². The Bertz CT molecular complexity index is 879. The summed E-state index contributed by atoms with van der Waals surface area (Å²) in [6, 6.07) is 10.8. The second kappa shape index (κ2) is 7.75. The van der Waals surface area contributed by atoms with Gasteiger partial charge in [-0.1, -0.05) is 30.3 Å². The average molecular weight is 390 g/mol. The molecule has 0 aliphatic heterocycles. The topological polar surface area (TPSA) is 89.9 Å². The zero-order valence-corrected chi connectivity index (χ0v) is 13.9. The van der Waals surface area contributed by atoms with E-state index in [0.717, 1.165) is 6.07 Å². The Labute approximate surface area is 146 Å². The summed E-state index contributed by atoms with van der Waals surface area (Å²) in [5.74, 6) is -1.47. The van der Waals surface area contributed by atoms with Gasteiger partial charge in [-0.25, -0.2) is 13.2 Å². The van der Waals surface area contributed by atoms with Crippen LogP contribution in [0.5, 0.6) is 5.75 Å². The lowest BCUT2D eigenvalue weighted by Crippen LogP contribution is -2.23. The summed E-state index contributed by atoms with van der Waals surface area (Å²) in [6.07, 6.45) is 0. The van der Waals surface area contributed by atoms with Gasteiger partial charge in [0.2, 0.25) is 0 Å². The Morgan fingerprint density at radius 3 is 2.31 bits per heavy atom. The number of benzene rings is 2. The molecule has 140 valence electrons. The van der Waals surface area contributed by atoms with Crippen LogP contribution in [-0.4, -0.2) is 31.8 Å². The van der Waals surface area contributed by atoms with Crippen LogP contribution in [0.15, 0.2) is 53.4 Å². The maximum atomic E-state index is 12.8. The number of esters is 1. The van der Waals surface area contributed by atoms with Crippen LogP contribution < -0.4 is 4.74 Å². The molecule has 0 aliphatic carbocycles. The van der Waals surface area contributed by atoms with Gasteiger partial charge < -0.3 is 14.6 Å². The summed E-state index contributed by atoms with van der Waals surface area (Å²) >= 11 is 0. The molecule has 0 heterocycles. The van der Waals surface area contributed by atoms with Crippen LogP contribution >= 0.6 is 0 Å². The smallest absolute Gasteiger partial charge is 0.489 e. The van der Waals surface area contributed by atoms with E-state index in [1.165, 1.54) is 0 Å². The second-order valence-corrected chi connectivity index (χ2v) is 6.92. The lowest BCUT2D eigenvalue weighted by Gasteiger charge is -2.13. The minimum Gasteiger partial charge on any atom is -0.489 e. The van der Waals surface area contributed by atoms with Crippen LogP contribution in [0.2, 0.25) is 0 Å². The average Bonchev–Trinajstić information content (AvgIpc) is 2.60. The van der Waals surface area contributed by atoms with Crippen LogP contribution in [0.3, 0.4) is 0 Å². The van der Waals surface area contributed by atoms with Gasteiger partial charge in [0.15, 0.2) is 6.79 Å². The molecule has 2 aromatic carbocycles. The van der Waals surface area contributed by atoms with Crippen LogP contribution in [0.25, 0.3) is 0 Å². The predicted octanol–water partition coefficient (Wildman–Crippen LogP) is 2.67. The Kier molecular flexibility index (Phi) is 5.88. The van der Waals surface area contributed by atoms with Gasteiger partial charge in [-0.2, -0.15) is 13.2 Å². The Hall–Kier alpha value is -2.59. The molecule has 0 amide bonds. The molecule has 1 N–H and O–H groups in total. The first kappa shape index (κ1) is 19.7. The molecule has 0 aliphatic rings. The number of carbonyl (C=O) groups is 1. The fourth-order valence-electron chi connectivity index (χ4n) is 1.94. The maximum Gasteiger partial charge on any atom is 0.501 e. The summed E-state index contributed by atoms with van der Waals surface area (Å²) in [7, 11) is -5.70. The molecule has 2 aromatic rings. The third-order valence-electron chi connectivity index (χ3n) is 3.17. The van der Waals surface area contributed by atoms with E-state index in [1.54, 1.807) is 30.3 Å². The van der Waals surface area contributed by atoms with Gasteiger partial charge in [0, 0.05) is 0 Å². The number of halogens is 3. The van der Waals surface area contributed by atoms with Gasteiger partial charge in [-0.15, -0.1) is 0 Å². The van der Waals surface area contributed by atoms with E-state index in [0.29, 0.717) is 17.7 Å². The predicted molar refractivity (Wildman–Crippen MR) is 83.0 cm³/mol. The standard InChI is InChI=1S/C16H13F3O6S/c17-16(18,19)26(22,23)14-7-12(15(21)25-10-20)6-13(8-14)24-9-11-4-2-1-3-5-11/h1-8,20H,9-10H2. The van der Waals surface area contributed by atoms with E-state index in [9.17, 15) is 26.4 Å². The van der Waals surface area contributed by atoms with Crippen molar-refractivity contribution in [3.63, 3.8) is 0 Å². The molecule has 2 rings (SSSR count). The van der Waals surface area contributed by atoms with E-state index in [2.05, 4.69) is 4.74 Å². The third kappa shape index (κ3) is 4.52. The molecule has 6 nitrogen and oxygen atoms in total. The lowest BCUT2D eigenvalue weighted by atomic mass is 10.2. The lowest BCUT2D eigenvalue weighted by molar-refractivity contribution is -0.0436. The molecule has 0 unspecified atom stereocenters. The molecule has 0 fully saturated rings. The van der Waals surface area contributed by atoms with Gasteiger partial charge in [-0.05, 0) is 23.8 Å². The van der Waals surface area contributed by atoms with E-state index >= 15 is 0 Å². The Morgan fingerprint density at radius 2 is 1.73 bits per heavy atom. The van der Waals surface area contributed by atoms with Crippen LogP contribution in [-0.2, 0) is 21.2 Å². The van der Waals surface area contributed by atoms with Crippen molar-refractivity contribution in [3.05, 3.63) is 59.7 Å². The fraction of sp³-hybridized carbons (Fsp3) is 0.188. The van der Waals surface area contributed by atoms with Gasteiger partial charge in [0.05, 0.1) is 10.5 Å². The first-order chi connectivity index (χ1) is 12.1. The van der Waals surface area contributed by atoms with Gasteiger partial charge in [0.25, 0.3) is 9.84 Å². The minimum atomic E-state index is -5.70. The number of ether oxygens (including phenoxy) is 2. The number of alkyl halides is 3. The van der Waals surface area contributed by atoms with E-state index in [4.69, 9.17) is 9.84 Å². The first-order valence-electron chi connectivity index (χ1n) is 7.06. The zero-order chi connectivity index (χ0) is 19.4. The molecule has 26 heavy (non-hydrogen) atoms. The molecule has 0 bridgehead atoms. The molecule has 0 radical (unpaired) electrons. The van der Waals surface area contributed by atoms with Crippen molar-refractivity contribution in [2.24, 2.45) is 0 Å². The highest BCUT2D eigenvalue weighted by Gasteiger charge is 2.47. The highest BCUT2D eigenvalue weighted by atomic mass is 32.2. The molecule has 0 atom stereocenters. The van der Waals surface area contributed by atoms with Crippen molar-refractivity contribution in [2.75, 3.05) is 6.79 Å². The van der Waals surface area contributed by atoms with Crippen molar-refractivity contribution in [1.29, 1.82) is 0 Å². The SMILES string of the molecule is O=C(OCO)c1cc(OCc2ccccc2)cc(S(=O)(=O)C(F)(F)F)c1. The largest absolute Gasteiger partial charge is 0.501 e. The number of hydrogen-bond acceptors (Lipinski definition) is 6.